The molecule has 2 aromatic rings. The number of aliphatic hydroxyl groups is 1. The Bertz CT molecular complexity index is 557. The Kier molecular flexibility index (Phi) is 4.57. The fourth-order valence-corrected chi connectivity index (χ4v) is 2.42. The van der Waals surface area contributed by atoms with E-state index in [0.717, 1.165) is 4.47 Å². The second-order valence-corrected chi connectivity index (χ2v) is 4.98. The van der Waals surface area contributed by atoms with E-state index in [9.17, 15) is 5.11 Å². The van der Waals surface area contributed by atoms with Crippen LogP contribution >= 0.6 is 15.9 Å². The molecule has 6 heteroatoms. The van der Waals surface area contributed by atoms with E-state index in [1.54, 1.807) is 30.1 Å². The van der Waals surface area contributed by atoms with E-state index >= 15 is 0 Å². The maximum absolute atomic E-state index is 10.5. The molecule has 102 valence electrons. The van der Waals surface area contributed by atoms with Gasteiger partial charge in [0.05, 0.1) is 29.5 Å². The Balaban J connectivity index is 2.35. The number of benzene rings is 1. The number of anilines is 1. The number of hydrogen-bond acceptors (Lipinski definition) is 4. The van der Waals surface area contributed by atoms with E-state index in [1.807, 2.05) is 12.1 Å². The summed E-state index contributed by atoms with van der Waals surface area (Å²) in [5.41, 5.74) is 7.80. The van der Waals surface area contributed by atoms with Gasteiger partial charge in [-0.15, -0.1) is 0 Å². The largest absolute Gasteiger partial charge is 0.398 e. The van der Waals surface area contributed by atoms with E-state index < -0.39 is 6.10 Å². The summed E-state index contributed by atoms with van der Waals surface area (Å²) in [5.74, 6) is 0. The molecule has 0 amide bonds. The van der Waals surface area contributed by atoms with Crippen molar-refractivity contribution in [2.24, 2.45) is 0 Å². The van der Waals surface area contributed by atoms with E-state index in [1.165, 1.54) is 0 Å². The van der Waals surface area contributed by atoms with Gasteiger partial charge in [-0.2, -0.15) is 5.10 Å². The number of para-hydroxylation sites is 1. The van der Waals surface area contributed by atoms with Crippen LogP contribution in [0, 0.1) is 0 Å². The number of rotatable bonds is 5. The van der Waals surface area contributed by atoms with Crippen LogP contribution in [0.15, 0.2) is 34.9 Å². The molecule has 3 N–H and O–H groups in total. The Morgan fingerprint density at radius 1 is 1.47 bits per heavy atom. The smallest absolute Gasteiger partial charge is 0.124 e. The molecule has 2 rings (SSSR count). The van der Waals surface area contributed by atoms with Gasteiger partial charge in [-0.05, 0) is 22.0 Å². The summed E-state index contributed by atoms with van der Waals surface area (Å²) in [6.45, 7) is 1.10. The number of nitrogens with two attached hydrogens (primary N) is 1. The molecule has 0 radical (unpaired) electrons. The zero-order valence-electron chi connectivity index (χ0n) is 10.6. The van der Waals surface area contributed by atoms with E-state index in [4.69, 9.17) is 10.5 Å². The van der Waals surface area contributed by atoms with Crippen molar-refractivity contribution in [2.45, 2.75) is 12.6 Å². The van der Waals surface area contributed by atoms with Crippen molar-refractivity contribution in [3.05, 3.63) is 46.2 Å². The van der Waals surface area contributed by atoms with Crippen molar-refractivity contribution < 1.29 is 9.84 Å². The summed E-state index contributed by atoms with van der Waals surface area (Å²) >= 11 is 3.41. The Morgan fingerprint density at radius 2 is 2.21 bits per heavy atom. The van der Waals surface area contributed by atoms with Gasteiger partial charge in [0.25, 0.3) is 0 Å². The Morgan fingerprint density at radius 3 is 2.89 bits per heavy atom. The third kappa shape index (κ3) is 2.97. The first-order valence-electron chi connectivity index (χ1n) is 5.87. The number of aliphatic hydroxyl groups excluding tert-OH is 1. The average molecular weight is 326 g/mol. The van der Waals surface area contributed by atoms with E-state index in [2.05, 4.69) is 21.0 Å². The maximum atomic E-state index is 10.5. The number of aromatic nitrogens is 2. The van der Waals surface area contributed by atoms with Gasteiger partial charge in [0.1, 0.15) is 6.10 Å². The van der Waals surface area contributed by atoms with Crippen LogP contribution < -0.4 is 5.73 Å². The highest BCUT2D eigenvalue weighted by Gasteiger charge is 2.21. The van der Waals surface area contributed by atoms with Crippen LogP contribution in [0.1, 0.15) is 17.4 Å². The van der Waals surface area contributed by atoms with Crippen LogP contribution in [-0.4, -0.2) is 28.6 Å². The quantitative estimate of drug-likeness (QED) is 0.824. The molecular formula is C13H16BrN3O2. The summed E-state index contributed by atoms with van der Waals surface area (Å²) in [5, 5.41) is 14.7. The van der Waals surface area contributed by atoms with Gasteiger partial charge < -0.3 is 15.6 Å². The fourth-order valence-electron chi connectivity index (χ4n) is 1.91. The lowest BCUT2D eigenvalue weighted by Gasteiger charge is -2.16. The van der Waals surface area contributed by atoms with Crippen LogP contribution in [0.25, 0.3) is 0 Å². The van der Waals surface area contributed by atoms with Crippen LogP contribution in [0.4, 0.5) is 5.69 Å². The minimum Gasteiger partial charge on any atom is -0.398 e. The third-order valence-corrected chi connectivity index (χ3v) is 3.50. The van der Waals surface area contributed by atoms with Crippen LogP contribution in [-0.2, 0) is 11.3 Å². The molecule has 0 aliphatic carbocycles. The standard InChI is InChI=1S/C13H16BrN3O2/c1-19-7-6-17-12(10(14)8-16-17)13(18)9-4-2-3-5-11(9)15/h2-5,8,13,18H,6-7,15H2,1H3. The highest BCUT2D eigenvalue weighted by molar-refractivity contribution is 9.10. The molecule has 1 heterocycles. The Labute approximate surface area is 120 Å². The van der Waals surface area contributed by atoms with Gasteiger partial charge in [-0.25, -0.2) is 0 Å². The SMILES string of the molecule is COCCn1ncc(Br)c1C(O)c1ccccc1N. The minimum atomic E-state index is -0.824. The normalized spacial score (nSPS) is 12.6. The monoisotopic (exact) mass is 325 g/mol. The van der Waals surface area contributed by atoms with Crippen molar-refractivity contribution in [3.63, 3.8) is 0 Å². The molecule has 1 aromatic heterocycles. The van der Waals surface area contributed by atoms with Crippen molar-refractivity contribution in [2.75, 3.05) is 19.5 Å². The van der Waals surface area contributed by atoms with Gasteiger partial charge in [0.2, 0.25) is 0 Å². The molecule has 0 aliphatic rings. The van der Waals surface area contributed by atoms with Gasteiger partial charge >= 0.3 is 0 Å². The third-order valence-electron chi connectivity index (χ3n) is 2.89. The van der Waals surface area contributed by atoms with Crippen LogP contribution in [0.2, 0.25) is 0 Å². The van der Waals surface area contributed by atoms with Gasteiger partial charge in [0.15, 0.2) is 0 Å². The second kappa shape index (κ2) is 6.18. The number of hydrogen-bond donors (Lipinski definition) is 2. The first kappa shape index (κ1) is 14.0. The number of halogens is 1. The summed E-state index contributed by atoms with van der Waals surface area (Å²) < 4.78 is 7.50. The fraction of sp³-hybridized carbons (Fsp3) is 0.308. The summed E-state index contributed by atoms with van der Waals surface area (Å²) in [7, 11) is 1.63. The number of nitrogens with zero attached hydrogens (tertiary/aromatic N) is 2. The minimum absolute atomic E-state index is 0.526. The molecule has 1 atom stereocenters. The molecule has 1 aromatic carbocycles. The van der Waals surface area contributed by atoms with Gasteiger partial charge in [0, 0.05) is 18.4 Å². The number of nitrogen functional groups attached to an aromatic ring is 1. The molecule has 0 spiro atoms. The Hall–Kier alpha value is -1.37. The molecule has 0 saturated carbocycles. The zero-order valence-corrected chi connectivity index (χ0v) is 12.2. The first-order valence-corrected chi connectivity index (χ1v) is 6.67. The average Bonchev–Trinajstić information content (AvgIpc) is 2.77. The van der Waals surface area contributed by atoms with Crippen molar-refractivity contribution in [3.8, 4) is 0 Å². The molecule has 0 aliphatic heterocycles. The van der Waals surface area contributed by atoms with Crippen molar-refractivity contribution in [1.29, 1.82) is 0 Å². The molecule has 5 nitrogen and oxygen atoms in total. The molecule has 19 heavy (non-hydrogen) atoms. The van der Waals surface area contributed by atoms with E-state index in [0.29, 0.717) is 30.1 Å². The predicted octanol–water partition coefficient (Wildman–Crippen LogP) is 1.96. The predicted molar refractivity (Wildman–Crippen MR) is 76.7 cm³/mol. The van der Waals surface area contributed by atoms with Crippen molar-refractivity contribution >= 4 is 21.6 Å². The summed E-state index contributed by atoms with van der Waals surface area (Å²) in [4.78, 5) is 0. The zero-order chi connectivity index (χ0) is 13.8. The lowest BCUT2D eigenvalue weighted by molar-refractivity contribution is 0.171. The number of methoxy groups -OCH3 is 1. The highest BCUT2D eigenvalue weighted by Crippen LogP contribution is 2.31. The highest BCUT2D eigenvalue weighted by atomic mass is 79.9. The lowest BCUT2D eigenvalue weighted by Crippen LogP contribution is -2.14. The van der Waals surface area contributed by atoms with Crippen LogP contribution in [0.5, 0.6) is 0 Å². The van der Waals surface area contributed by atoms with Gasteiger partial charge in [-0.1, -0.05) is 18.2 Å². The number of ether oxygens (including phenoxy) is 1. The van der Waals surface area contributed by atoms with E-state index in [-0.39, 0.29) is 0 Å². The topological polar surface area (TPSA) is 73.3 Å². The first-order chi connectivity index (χ1) is 9.15. The van der Waals surface area contributed by atoms with Gasteiger partial charge in [-0.3, -0.25) is 4.68 Å². The maximum Gasteiger partial charge on any atom is 0.124 e. The summed E-state index contributed by atoms with van der Waals surface area (Å²) in [6, 6.07) is 7.25. The molecule has 0 fully saturated rings. The molecule has 1 unspecified atom stereocenters. The van der Waals surface area contributed by atoms with Crippen molar-refractivity contribution in [1.82, 2.24) is 9.78 Å². The molecule has 0 saturated heterocycles. The lowest BCUT2D eigenvalue weighted by atomic mass is 10.0. The summed E-state index contributed by atoms with van der Waals surface area (Å²) in [6.07, 6.45) is 0.836. The molecular weight excluding hydrogens is 310 g/mol. The van der Waals surface area contributed by atoms with Crippen LogP contribution in [0.3, 0.4) is 0 Å². The molecule has 0 bridgehead atoms. The second-order valence-electron chi connectivity index (χ2n) is 4.13.